The Morgan fingerprint density at radius 3 is 2.70 bits per heavy atom. The summed E-state index contributed by atoms with van der Waals surface area (Å²) in [6, 6.07) is 13.6. The molecule has 0 saturated heterocycles. The fourth-order valence-electron chi connectivity index (χ4n) is 2.74. The van der Waals surface area contributed by atoms with E-state index in [1.165, 1.54) is 17.3 Å². The third-order valence-electron chi connectivity index (χ3n) is 4.18. The zero-order chi connectivity index (χ0) is 19.4. The van der Waals surface area contributed by atoms with E-state index in [2.05, 4.69) is 21.6 Å². The van der Waals surface area contributed by atoms with Gasteiger partial charge in [0.05, 0.1) is 5.75 Å². The van der Waals surface area contributed by atoms with Crippen molar-refractivity contribution in [1.29, 1.82) is 0 Å². The fraction of sp³-hybridized carbons (Fsp3) is 0.250. The van der Waals surface area contributed by atoms with E-state index < -0.39 is 0 Å². The first-order chi connectivity index (χ1) is 13.0. The molecule has 0 radical (unpaired) electrons. The second kappa shape index (κ2) is 8.59. The molecule has 1 amide bonds. The third kappa shape index (κ3) is 4.51. The number of rotatable bonds is 6. The molecule has 0 atom stereocenters. The number of hydrogen-bond acceptors (Lipinski definition) is 4. The van der Waals surface area contributed by atoms with Gasteiger partial charge in [-0.05, 0) is 44.5 Å². The predicted octanol–water partition coefficient (Wildman–Crippen LogP) is 4.97. The molecular formula is C20H21ClN4OS. The number of aromatic nitrogens is 3. The van der Waals surface area contributed by atoms with Gasteiger partial charge < -0.3 is 9.88 Å². The molecule has 7 heteroatoms. The lowest BCUT2D eigenvalue weighted by atomic mass is 10.1. The Hall–Kier alpha value is -2.31. The summed E-state index contributed by atoms with van der Waals surface area (Å²) in [6.45, 7) is 6.71. The first-order valence-corrected chi connectivity index (χ1v) is 10.0. The summed E-state index contributed by atoms with van der Waals surface area (Å²) in [4.78, 5) is 12.3. The van der Waals surface area contributed by atoms with Gasteiger partial charge in [-0.3, -0.25) is 4.79 Å². The van der Waals surface area contributed by atoms with Crippen LogP contribution in [0.4, 0.5) is 5.69 Å². The molecule has 1 N–H and O–H groups in total. The van der Waals surface area contributed by atoms with Gasteiger partial charge in [0, 0.05) is 22.8 Å². The molecule has 27 heavy (non-hydrogen) atoms. The summed E-state index contributed by atoms with van der Waals surface area (Å²) in [5, 5.41) is 12.9. The number of benzene rings is 2. The Labute approximate surface area is 168 Å². The molecular weight excluding hydrogens is 380 g/mol. The summed E-state index contributed by atoms with van der Waals surface area (Å²) in [5.74, 6) is 0.959. The van der Waals surface area contributed by atoms with Gasteiger partial charge in [-0.25, -0.2) is 0 Å². The van der Waals surface area contributed by atoms with Gasteiger partial charge in [0.15, 0.2) is 11.0 Å². The second-order valence-electron chi connectivity index (χ2n) is 6.17. The van der Waals surface area contributed by atoms with Gasteiger partial charge in [0.25, 0.3) is 0 Å². The molecule has 0 unspecified atom stereocenters. The maximum atomic E-state index is 12.3. The smallest absolute Gasteiger partial charge is 0.234 e. The first kappa shape index (κ1) is 19.5. The number of amides is 1. The van der Waals surface area contributed by atoms with Gasteiger partial charge >= 0.3 is 0 Å². The lowest BCUT2D eigenvalue weighted by Crippen LogP contribution is -2.15. The van der Waals surface area contributed by atoms with Crippen LogP contribution in [0.1, 0.15) is 18.1 Å². The van der Waals surface area contributed by atoms with Crippen LogP contribution in [0.3, 0.4) is 0 Å². The van der Waals surface area contributed by atoms with Crippen LogP contribution in [0.15, 0.2) is 47.6 Å². The third-order valence-corrected chi connectivity index (χ3v) is 5.56. The quantitative estimate of drug-likeness (QED) is 0.593. The number of nitrogens with one attached hydrogen (secondary N) is 1. The maximum absolute atomic E-state index is 12.3. The lowest BCUT2D eigenvalue weighted by Gasteiger charge is -2.10. The van der Waals surface area contributed by atoms with Crippen molar-refractivity contribution in [3.8, 4) is 11.4 Å². The van der Waals surface area contributed by atoms with E-state index >= 15 is 0 Å². The second-order valence-corrected chi connectivity index (χ2v) is 7.52. The number of carbonyl (C=O) groups is 1. The Morgan fingerprint density at radius 2 is 1.96 bits per heavy atom. The molecule has 140 valence electrons. The molecule has 3 rings (SSSR count). The molecule has 0 bridgehead atoms. The number of halogens is 1. The summed E-state index contributed by atoms with van der Waals surface area (Å²) in [6.07, 6.45) is 0. The number of carbonyl (C=O) groups excluding carboxylic acids is 1. The van der Waals surface area contributed by atoms with Crippen LogP contribution in [0.2, 0.25) is 5.02 Å². The van der Waals surface area contributed by atoms with E-state index in [1.54, 1.807) is 6.07 Å². The number of nitrogens with zero attached hydrogens (tertiary/aromatic N) is 3. The largest absolute Gasteiger partial charge is 0.325 e. The van der Waals surface area contributed by atoms with E-state index in [-0.39, 0.29) is 11.7 Å². The summed E-state index contributed by atoms with van der Waals surface area (Å²) < 4.78 is 2.03. The molecule has 0 aliphatic heterocycles. The topological polar surface area (TPSA) is 59.8 Å². The fourth-order valence-corrected chi connectivity index (χ4v) is 3.71. The standard InChI is InChI=1S/C20H21ClN4OS/c1-4-25-19(15-8-5-7-13(2)11-15)23-24-20(25)27-12-18(26)22-17-10-6-9-16(21)14(17)3/h5-11H,4,12H2,1-3H3,(H,22,26). The van der Waals surface area contributed by atoms with Crippen LogP contribution in [0.5, 0.6) is 0 Å². The van der Waals surface area contributed by atoms with Crippen LogP contribution in [-0.4, -0.2) is 26.4 Å². The molecule has 0 aliphatic rings. The number of hydrogen-bond donors (Lipinski definition) is 1. The summed E-state index contributed by atoms with van der Waals surface area (Å²) >= 11 is 7.48. The SMILES string of the molecule is CCn1c(SCC(=O)Nc2cccc(Cl)c2C)nnc1-c1cccc(C)c1. The van der Waals surface area contributed by atoms with Crippen LogP contribution in [0.25, 0.3) is 11.4 Å². The molecule has 0 fully saturated rings. The molecule has 5 nitrogen and oxygen atoms in total. The van der Waals surface area contributed by atoms with Crippen molar-refractivity contribution in [2.75, 3.05) is 11.1 Å². The van der Waals surface area contributed by atoms with Gasteiger partial charge in [-0.1, -0.05) is 53.2 Å². The normalized spacial score (nSPS) is 10.8. The number of thioether (sulfide) groups is 1. The van der Waals surface area contributed by atoms with E-state index in [0.717, 1.165) is 34.3 Å². The van der Waals surface area contributed by atoms with Crippen LogP contribution in [0, 0.1) is 13.8 Å². The van der Waals surface area contributed by atoms with Crippen molar-refractivity contribution in [1.82, 2.24) is 14.8 Å². The van der Waals surface area contributed by atoms with Crippen LogP contribution in [-0.2, 0) is 11.3 Å². The molecule has 1 heterocycles. The van der Waals surface area contributed by atoms with Crippen molar-refractivity contribution >= 4 is 35.0 Å². The number of aryl methyl sites for hydroxylation is 1. The molecule has 2 aromatic carbocycles. The highest BCUT2D eigenvalue weighted by atomic mass is 35.5. The van der Waals surface area contributed by atoms with Gasteiger partial charge in [-0.2, -0.15) is 0 Å². The molecule has 0 aliphatic carbocycles. The van der Waals surface area contributed by atoms with E-state index in [1.807, 2.05) is 55.7 Å². The minimum atomic E-state index is -0.104. The molecule has 1 aromatic heterocycles. The highest BCUT2D eigenvalue weighted by molar-refractivity contribution is 7.99. The van der Waals surface area contributed by atoms with Crippen molar-refractivity contribution in [3.63, 3.8) is 0 Å². The van der Waals surface area contributed by atoms with E-state index in [4.69, 9.17) is 11.6 Å². The average molecular weight is 401 g/mol. The van der Waals surface area contributed by atoms with E-state index in [9.17, 15) is 4.79 Å². The van der Waals surface area contributed by atoms with E-state index in [0.29, 0.717) is 5.02 Å². The Balaban J connectivity index is 1.71. The maximum Gasteiger partial charge on any atom is 0.234 e. The lowest BCUT2D eigenvalue weighted by molar-refractivity contribution is -0.113. The predicted molar refractivity (Wildman–Crippen MR) is 111 cm³/mol. The first-order valence-electron chi connectivity index (χ1n) is 8.67. The summed E-state index contributed by atoms with van der Waals surface area (Å²) in [5.41, 5.74) is 3.78. The zero-order valence-electron chi connectivity index (χ0n) is 15.5. The monoisotopic (exact) mass is 400 g/mol. The van der Waals surface area contributed by atoms with Crippen LogP contribution >= 0.6 is 23.4 Å². The highest BCUT2D eigenvalue weighted by Gasteiger charge is 2.15. The zero-order valence-corrected chi connectivity index (χ0v) is 17.1. The van der Waals surface area contributed by atoms with Gasteiger partial charge in [0.1, 0.15) is 0 Å². The molecule has 3 aromatic rings. The molecule has 0 spiro atoms. The summed E-state index contributed by atoms with van der Waals surface area (Å²) in [7, 11) is 0. The highest BCUT2D eigenvalue weighted by Crippen LogP contribution is 2.26. The Bertz CT molecular complexity index is 970. The van der Waals surface area contributed by atoms with Crippen molar-refractivity contribution in [2.24, 2.45) is 0 Å². The van der Waals surface area contributed by atoms with Crippen LogP contribution < -0.4 is 5.32 Å². The average Bonchev–Trinajstić information content (AvgIpc) is 3.07. The Morgan fingerprint density at radius 1 is 1.19 bits per heavy atom. The van der Waals surface area contributed by atoms with Gasteiger partial charge in [0.2, 0.25) is 5.91 Å². The van der Waals surface area contributed by atoms with Crippen molar-refractivity contribution < 1.29 is 4.79 Å². The molecule has 0 saturated carbocycles. The number of anilines is 1. The van der Waals surface area contributed by atoms with Gasteiger partial charge in [-0.15, -0.1) is 10.2 Å². The Kier molecular flexibility index (Phi) is 6.19. The van der Waals surface area contributed by atoms with Crippen molar-refractivity contribution in [2.45, 2.75) is 32.5 Å². The minimum Gasteiger partial charge on any atom is -0.325 e. The van der Waals surface area contributed by atoms with Crippen molar-refractivity contribution in [3.05, 3.63) is 58.6 Å². The minimum absolute atomic E-state index is 0.104.